The molecule has 0 unspecified atom stereocenters. The number of anilines is 2. The zero-order valence-corrected chi connectivity index (χ0v) is 15.7. The minimum atomic E-state index is -0.117. The van der Waals surface area contributed by atoms with Crippen LogP contribution in [-0.4, -0.2) is 87.7 Å². The molecule has 2 saturated heterocycles. The maximum atomic E-state index is 12.8. The number of hydrogen-bond donors (Lipinski definition) is 0. The maximum absolute atomic E-state index is 12.8. The molecule has 3 rings (SSSR count). The Morgan fingerprint density at radius 3 is 2.35 bits per heavy atom. The normalized spacial score (nSPS) is 18.7. The average Bonchev–Trinajstić information content (AvgIpc) is 2.67. The Morgan fingerprint density at radius 2 is 1.69 bits per heavy atom. The van der Waals surface area contributed by atoms with E-state index in [0.29, 0.717) is 26.3 Å². The van der Waals surface area contributed by atoms with E-state index in [9.17, 15) is 9.59 Å². The molecule has 1 aromatic rings. The van der Waals surface area contributed by atoms with Gasteiger partial charge in [0.2, 0.25) is 11.8 Å². The molecule has 0 N–H and O–H groups in total. The molecule has 2 heterocycles. The Kier molecular flexibility index (Phi) is 6.11. The van der Waals surface area contributed by atoms with Gasteiger partial charge in [-0.15, -0.1) is 0 Å². The largest absolute Gasteiger partial charge is 0.378 e. The Labute approximate surface area is 155 Å². The fraction of sp³-hybridized carbons (Fsp3) is 0.579. The van der Waals surface area contributed by atoms with Crippen LogP contribution in [0.3, 0.4) is 0 Å². The van der Waals surface area contributed by atoms with Gasteiger partial charge in [0.05, 0.1) is 24.6 Å². The predicted molar refractivity (Wildman–Crippen MR) is 102 cm³/mol. The molecule has 2 fully saturated rings. The lowest BCUT2D eigenvalue weighted by atomic mass is 10.2. The van der Waals surface area contributed by atoms with E-state index < -0.39 is 0 Å². The van der Waals surface area contributed by atoms with Gasteiger partial charge in [-0.3, -0.25) is 9.59 Å². The van der Waals surface area contributed by atoms with Crippen LogP contribution in [0.5, 0.6) is 0 Å². The van der Waals surface area contributed by atoms with Gasteiger partial charge in [-0.2, -0.15) is 0 Å². The Hall–Kier alpha value is -2.12. The van der Waals surface area contributed by atoms with Crippen LogP contribution in [0.1, 0.15) is 6.92 Å². The van der Waals surface area contributed by atoms with Gasteiger partial charge in [-0.1, -0.05) is 12.1 Å². The van der Waals surface area contributed by atoms with E-state index in [4.69, 9.17) is 4.74 Å². The summed E-state index contributed by atoms with van der Waals surface area (Å²) in [5, 5.41) is 0. The predicted octanol–water partition coefficient (Wildman–Crippen LogP) is 0.650. The van der Waals surface area contributed by atoms with E-state index in [2.05, 4.69) is 16.8 Å². The molecule has 0 aromatic heterocycles. The van der Waals surface area contributed by atoms with Crippen molar-refractivity contribution in [3.05, 3.63) is 24.3 Å². The van der Waals surface area contributed by atoms with Crippen molar-refractivity contribution in [3.8, 4) is 0 Å². The van der Waals surface area contributed by atoms with Gasteiger partial charge in [0.25, 0.3) is 0 Å². The van der Waals surface area contributed by atoms with E-state index in [0.717, 1.165) is 37.6 Å². The van der Waals surface area contributed by atoms with Crippen LogP contribution in [0.25, 0.3) is 0 Å². The number of para-hydroxylation sites is 2. The number of nitrogens with zero attached hydrogens (tertiary/aromatic N) is 4. The second kappa shape index (κ2) is 8.51. The standard InChI is InChI=1S/C19H28N4O3/c1-16(24)23(15-19(25)22-9-7-20(2)8-10-22)18-6-4-3-5-17(18)21-11-13-26-14-12-21/h3-6H,7-15H2,1-2H3. The molecule has 0 aliphatic carbocycles. The van der Waals surface area contributed by atoms with E-state index in [1.165, 1.54) is 6.92 Å². The summed E-state index contributed by atoms with van der Waals surface area (Å²) in [5.41, 5.74) is 1.78. The van der Waals surface area contributed by atoms with Gasteiger partial charge in [0.15, 0.2) is 0 Å². The average molecular weight is 360 g/mol. The first-order valence-electron chi connectivity index (χ1n) is 9.22. The molecule has 7 nitrogen and oxygen atoms in total. The van der Waals surface area contributed by atoms with Crippen molar-refractivity contribution in [2.75, 3.05) is 75.9 Å². The van der Waals surface area contributed by atoms with E-state index in [1.807, 2.05) is 29.2 Å². The molecule has 0 atom stereocenters. The van der Waals surface area contributed by atoms with Crippen molar-refractivity contribution in [2.24, 2.45) is 0 Å². The van der Waals surface area contributed by atoms with Gasteiger partial charge >= 0.3 is 0 Å². The Balaban J connectivity index is 1.77. The molecule has 7 heteroatoms. The van der Waals surface area contributed by atoms with Crippen molar-refractivity contribution in [2.45, 2.75) is 6.92 Å². The number of likely N-dealkylation sites (N-methyl/N-ethyl adjacent to an activating group) is 1. The molecular formula is C19H28N4O3. The summed E-state index contributed by atoms with van der Waals surface area (Å²) < 4.78 is 5.43. The highest BCUT2D eigenvalue weighted by Crippen LogP contribution is 2.30. The Morgan fingerprint density at radius 1 is 1.04 bits per heavy atom. The molecule has 0 bridgehead atoms. The summed E-state index contributed by atoms with van der Waals surface area (Å²) in [6, 6.07) is 7.81. The fourth-order valence-electron chi connectivity index (χ4n) is 3.42. The summed E-state index contributed by atoms with van der Waals surface area (Å²) >= 11 is 0. The van der Waals surface area contributed by atoms with Crippen LogP contribution in [0.4, 0.5) is 11.4 Å². The summed E-state index contributed by atoms with van der Waals surface area (Å²) in [7, 11) is 2.06. The number of carbonyl (C=O) groups is 2. The van der Waals surface area contributed by atoms with Gasteiger partial charge in [-0.05, 0) is 19.2 Å². The highest BCUT2D eigenvalue weighted by atomic mass is 16.5. The minimum absolute atomic E-state index is 0.00470. The number of carbonyl (C=O) groups excluding carboxylic acids is 2. The zero-order chi connectivity index (χ0) is 18.5. The monoisotopic (exact) mass is 360 g/mol. The van der Waals surface area contributed by atoms with E-state index >= 15 is 0 Å². The lowest BCUT2D eigenvalue weighted by Gasteiger charge is -2.35. The smallest absolute Gasteiger partial charge is 0.242 e. The lowest BCUT2D eigenvalue weighted by Crippen LogP contribution is -2.50. The SMILES string of the molecule is CC(=O)N(CC(=O)N1CCN(C)CC1)c1ccccc1N1CCOCC1. The summed E-state index contributed by atoms with van der Waals surface area (Å²) in [4.78, 5) is 33.0. The van der Waals surface area contributed by atoms with Crippen molar-refractivity contribution in [1.82, 2.24) is 9.80 Å². The third-order valence-electron chi connectivity index (χ3n) is 5.05. The maximum Gasteiger partial charge on any atom is 0.242 e. The van der Waals surface area contributed by atoms with Crippen molar-refractivity contribution >= 4 is 23.2 Å². The van der Waals surface area contributed by atoms with Crippen LogP contribution in [0.15, 0.2) is 24.3 Å². The highest BCUT2D eigenvalue weighted by Gasteiger charge is 2.26. The summed E-state index contributed by atoms with van der Waals surface area (Å²) in [5.74, 6) is -0.113. The third-order valence-corrected chi connectivity index (χ3v) is 5.05. The topological polar surface area (TPSA) is 56.3 Å². The molecule has 0 radical (unpaired) electrons. The van der Waals surface area contributed by atoms with Gasteiger partial charge < -0.3 is 24.3 Å². The summed E-state index contributed by atoms with van der Waals surface area (Å²) in [6.07, 6.45) is 0. The molecule has 2 aliphatic rings. The number of morpholine rings is 1. The van der Waals surface area contributed by atoms with E-state index in [1.54, 1.807) is 4.90 Å². The fourth-order valence-corrected chi connectivity index (χ4v) is 3.42. The number of hydrogen-bond acceptors (Lipinski definition) is 5. The van der Waals surface area contributed by atoms with Gasteiger partial charge in [0.1, 0.15) is 6.54 Å². The Bertz CT molecular complexity index is 637. The second-order valence-corrected chi connectivity index (χ2v) is 6.88. The minimum Gasteiger partial charge on any atom is -0.378 e. The zero-order valence-electron chi connectivity index (χ0n) is 15.7. The molecule has 0 saturated carbocycles. The first-order chi connectivity index (χ1) is 12.6. The first-order valence-corrected chi connectivity index (χ1v) is 9.22. The highest BCUT2D eigenvalue weighted by molar-refractivity contribution is 6.00. The lowest BCUT2D eigenvalue weighted by molar-refractivity contribution is -0.132. The van der Waals surface area contributed by atoms with Crippen LogP contribution >= 0.6 is 0 Å². The molecule has 1 aromatic carbocycles. The third kappa shape index (κ3) is 4.34. The number of piperazine rings is 1. The van der Waals surface area contributed by atoms with E-state index in [-0.39, 0.29) is 18.4 Å². The molecule has 142 valence electrons. The van der Waals surface area contributed by atoms with Crippen molar-refractivity contribution < 1.29 is 14.3 Å². The number of ether oxygens (including phenoxy) is 1. The number of amides is 2. The van der Waals surface area contributed by atoms with Crippen LogP contribution < -0.4 is 9.80 Å². The van der Waals surface area contributed by atoms with Crippen molar-refractivity contribution in [1.29, 1.82) is 0 Å². The molecule has 26 heavy (non-hydrogen) atoms. The van der Waals surface area contributed by atoms with Crippen LogP contribution in [0.2, 0.25) is 0 Å². The summed E-state index contributed by atoms with van der Waals surface area (Å²) in [6.45, 7) is 7.70. The van der Waals surface area contributed by atoms with Gasteiger partial charge in [-0.25, -0.2) is 0 Å². The molecule has 0 spiro atoms. The van der Waals surface area contributed by atoms with Crippen molar-refractivity contribution in [3.63, 3.8) is 0 Å². The quantitative estimate of drug-likeness (QED) is 0.789. The molecule has 2 aliphatic heterocycles. The second-order valence-electron chi connectivity index (χ2n) is 6.88. The van der Waals surface area contributed by atoms with Crippen LogP contribution in [0, 0.1) is 0 Å². The molecular weight excluding hydrogens is 332 g/mol. The van der Waals surface area contributed by atoms with Crippen LogP contribution in [-0.2, 0) is 14.3 Å². The van der Waals surface area contributed by atoms with Gasteiger partial charge in [0, 0.05) is 46.2 Å². The first kappa shape index (κ1) is 18.7. The number of benzene rings is 1. The number of rotatable bonds is 4. The molecule has 2 amide bonds.